The number of hydrogen-bond donors (Lipinski definition) is 0. The van der Waals surface area contributed by atoms with Crippen LogP contribution in [-0.2, 0) is 0 Å². The molecule has 0 saturated heterocycles. The van der Waals surface area contributed by atoms with Crippen LogP contribution in [0.15, 0.2) is 46.3 Å². The normalized spacial score (nSPS) is 21.6. The van der Waals surface area contributed by atoms with E-state index in [-0.39, 0.29) is 13.5 Å². The molecule has 0 fully saturated rings. The molecule has 19 heavy (non-hydrogen) atoms. The van der Waals surface area contributed by atoms with Gasteiger partial charge in [-0.2, -0.15) is 0 Å². The molecule has 2 aliphatic rings. The van der Waals surface area contributed by atoms with Crippen molar-refractivity contribution in [3.63, 3.8) is 0 Å². The van der Waals surface area contributed by atoms with Crippen LogP contribution in [0, 0.1) is 10.1 Å². The van der Waals surface area contributed by atoms with Gasteiger partial charge < -0.3 is 0 Å². The van der Waals surface area contributed by atoms with Gasteiger partial charge in [-0.15, -0.1) is 11.8 Å². The van der Waals surface area contributed by atoms with Gasteiger partial charge in [0.2, 0.25) is 0 Å². The van der Waals surface area contributed by atoms with Gasteiger partial charge in [-0.05, 0) is 37.2 Å². The van der Waals surface area contributed by atoms with Gasteiger partial charge in [0.15, 0.2) is 0 Å². The molecule has 3 nitrogen and oxygen atoms in total. The molecule has 1 atom stereocenters. The molecule has 0 amide bonds. The number of nitro groups is 1. The second-order valence-corrected chi connectivity index (χ2v) is 10.5. The van der Waals surface area contributed by atoms with Crippen molar-refractivity contribution >= 4 is 51.7 Å². The second kappa shape index (κ2) is 5.40. The highest BCUT2D eigenvalue weighted by atomic mass is 33.5. The van der Waals surface area contributed by atoms with Crippen LogP contribution >= 0.6 is 41.9 Å². The fraction of sp³-hybridized carbons (Fsp3) is 0.0833. The molecule has 7 heteroatoms. The van der Waals surface area contributed by atoms with Crippen molar-refractivity contribution in [1.29, 1.82) is 0 Å². The minimum absolute atomic E-state index is 0.158. The number of benzene rings is 1. The number of hydrogen-bond acceptors (Lipinski definition) is 5. The van der Waals surface area contributed by atoms with Crippen molar-refractivity contribution in [3.05, 3.63) is 62.0 Å². The lowest BCUT2D eigenvalue weighted by molar-refractivity contribution is -0.414. The third kappa shape index (κ3) is 2.40. The second-order valence-electron chi connectivity index (χ2n) is 3.74. The van der Waals surface area contributed by atoms with Gasteiger partial charge in [-0.3, -0.25) is 10.1 Å². The Morgan fingerprint density at radius 1 is 1.26 bits per heavy atom. The number of thioether (sulfide) groups is 1. The van der Waals surface area contributed by atoms with Crippen molar-refractivity contribution in [2.45, 2.75) is 0 Å². The van der Waals surface area contributed by atoms with E-state index in [0.29, 0.717) is 5.70 Å². The summed E-state index contributed by atoms with van der Waals surface area (Å²) < 4.78 is 0.833. The SMILES string of the molecule is CSC1=C([N+](=O)[O-])C2=S(SC(c3ccccc3)=C2)S1. The summed E-state index contributed by atoms with van der Waals surface area (Å²) in [5.74, 6) is 0. The van der Waals surface area contributed by atoms with Crippen molar-refractivity contribution < 1.29 is 4.92 Å². The van der Waals surface area contributed by atoms with Crippen molar-refractivity contribution in [2.24, 2.45) is 0 Å². The first-order valence-electron chi connectivity index (χ1n) is 5.38. The maximum absolute atomic E-state index is 11.2. The highest BCUT2D eigenvalue weighted by Gasteiger charge is 2.37. The summed E-state index contributed by atoms with van der Waals surface area (Å²) in [5, 5.41) is 11.2. The van der Waals surface area contributed by atoms with Crippen LogP contribution in [0.4, 0.5) is 0 Å². The molecule has 0 spiro atoms. The Balaban J connectivity index is 1.98. The van der Waals surface area contributed by atoms with E-state index in [2.05, 4.69) is 0 Å². The van der Waals surface area contributed by atoms with Crippen molar-refractivity contribution in [1.82, 2.24) is 0 Å². The summed E-state index contributed by atoms with van der Waals surface area (Å²) in [5.41, 5.74) is 1.44. The molecule has 0 bridgehead atoms. The maximum atomic E-state index is 11.2. The summed E-state index contributed by atoms with van der Waals surface area (Å²) in [6.07, 6.45) is 3.88. The molecule has 0 aromatic heterocycles. The average molecular weight is 327 g/mol. The fourth-order valence-corrected chi connectivity index (χ4v) is 10.5. The minimum atomic E-state index is -0.244. The molecule has 1 unspecified atom stereocenters. The zero-order chi connectivity index (χ0) is 13.4. The summed E-state index contributed by atoms with van der Waals surface area (Å²) in [6, 6.07) is 10.0. The molecule has 0 saturated carbocycles. The van der Waals surface area contributed by atoms with E-state index >= 15 is 0 Å². The lowest BCUT2D eigenvalue weighted by Gasteiger charge is -2.04. The van der Waals surface area contributed by atoms with Gasteiger partial charge in [-0.25, -0.2) is 0 Å². The Hall–Kier alpha value is -0.630. The molecule has 1 aromatic carbocycles. The van der Waals surface area contributed by atoms with Crippen LogP contribution in [-0.4, -0.2) is 16.0 Å². The zero-order valence-electron chi connectivity index (χ0n) is 9.86. The van der Waals surface area contributed by atoms with E-state index in [1.165, 1.54) is 11.8 Å². The minimum Gasteiger partial charge on any atom is -0.258 e. The molecule has 2 aliphatic heterocycles. The highest BCUT2D eigenvalue weighted by molar-refractivity contribution is 9.19. The zero-order valence-corrected chi connectivity index (χ0v) is 13.1. The monoisotopic (exact) mass is 327 g/mol. The van der Waals surface area contributed by atoms with Gasteiger partial charge in [0.05, 0.1) is 9.79 Å². The molecule has 2 heterocycles. The van der Waals surface area contributed by atoms with Gasteiger partial charge >= 0.3 is 5.70 Å². The maximum Gasteiger partial charge on any atom is 0.304 e. The first-order valence-corrected chi connectivity index (χ1v) is 10.5. The first-order chi connectivity index (χ1) is 9.20. The number of allylic oxidation sites excluding steroid dienone is 1. The Bertz CT molecular complexity index is 649. The largest absolute Gasteiger partial charge is 0.304 e. The third-order valence-corrected chi connectivity index (χ3v) is 10.3. The molecule has 1 aromatic rings. The summed E-state index contributed by atoms with van der Waals surface area (Å²) in [4.78, 5) is 13.0. The van der Waals surface area contributed by atoms with Crippen LogP contribution in [0.1, 0.15) is 5.56 Å². The van der Waals surface area contributed by atoms with Crippen molar-refractivity contribution in [2.75, 3.05) is 6.26 Å². The van der Waals surface area contributed by atoms with E-state index < -0.39 is 0 Å². The van der Waals surface area contributed by atoms with E-state index in [4.69, 9.17) is 0 Å². The number of nitrogens with zero attached hydrogens (tertiary/aromatic N) is 1. The van der Waals surface area contributed by atoms with Crippen LogP contribution < -0.4 is 0 Å². The predicted molar refractivity (Wildman–Crippen MR) is 89.7 cm³/mol. The summed E-state index contributed by atoms with van der Waals surface area (Å²) in [7, 11) is 3.19. The van der Waals surface area contributed by atoms with Gasteiger partial charge in [0.25, 0.3) is 0 Å². The Morgan fingerprint density at radius 3 is 2.63 bits per heavy atom. The van der Waals surface area contributed by atoms with Crippen LogP contribution in [0.5, 0.6) is 0 Å². The predicted octanol–water partition coefficient (Wildman–Crippen LogP) is 4.60. The Kier molecular flexibility index (Phi) is 3.79. The molecule has 98 valence electrons. The highest BCUT2D eigenvalue weighted by Crippen LogP contribution is 2.64. The van der Waals surface area contributed by atoms with E-state index in [9.17, 15) is 10.1 Å². The molecular weight excluding hydrogens is 318 g/mol. The quantitative estimate of drug-likeness (QED) is 0.351. The lowest BCUT2D eigenvalue weighted by atomic mass is 10.2. The Labute approximate surface area is 124 Å². The fourth-order valence-electron chi connectivity index (χ4n) is 1.76. The number of rotatable bonds is 3. The van der Waals surface area contributed by atoms with E-state index in [0.717, 1.165) is 19.6 Å². The van der Waals surface area contributed by atoms with Gasteiger partial charge in [0.1, 0.15) is 4.24 Å². The van der Waals surface area contributed by atoms with Crippen LogP contribution in [0.2, 0.25) is 0 Å². The molecular formula is C12H9NO2S4. The Morgan fingerprint density at radius 2 is 2.00 bits per heavy atom. The van der Waals surface area contributed by atoms with E-state index in [1.807, 2.05) is 42.7 Å². The summed E-state index contributed by atoms with van der Waals surface area (Å²) in [6.45, 7) is 0. The first kappa shape index (κ1) is 13.4. The van der Waals surface area contributed by atoms with Gasteiger partial charge in [0, 0.05) is 4.91 Å². The van der Waals surface area contributed by atoms with Gasteiger partial charge in [-0.1, -0.05) is 41.1 Å². The molecule has 0 radical (unpaired) electrons. The van der Waals surface area contributed by atoms with Crippen molar-refractivity contribution in [3.8, 4) is 0 Å². The third-order valence-electron chi connectivity index (χ3n) is 2.61. The smallest absolute Gasteiger partial charge is 0.258 e. The molecule has 0 aliphatic carbocycles. The van der Waals surface area contributed by atoms with E-state index in [1.54, 1.807) is 21.6 Å². The standard InChI is InChI=1S/C12H9NO2S4/c1-16-12-11(13(14)15)10-7-9(17-19(10)18-12)8-5-3-2-4-6-8/h2-7H,1H3. The topological polar surface area (TPSA) is 43.1 Å². The lowest BCUT2D eigenvalue weighted by Crippen LogP contribution is -2.06. The van der Waals surface area contributed by atoms with Crippen LogP contribution in [0.3, 0.4) is 0 Å². The molecule has 3 rings (SSSR count). The summed E-state index contributed by atoms with van der Waals surface area (Å²) >= 11 is 1.47. The molecule has 0 N–H and O–H groups in total. The average Bonchev–Trinajstić information content (AvgIpc) is 2.95. The van der Waals surface area contributed by atoms with Crippen LogP contribution in [0.25, 0.3) is 4.91 Å².